The lowest BCUT2D eigenvalue weighted by Crippen LogP contribution is -2.43. The van der Waals surface area contributed by atoms with Crippen molar-refractivity contribution < 1.29 is 23.5 Å². The molecule has 9 heteroatoms. The van der Waals surface area contributed by atoms with Crippen LogP contribution in [0, 0.1) is 0 Å². The average molecular weight is 442 g/mol. The molecule has 2 aromatic heterocycles. The van der Waals surface area contributed by atoms with Gasteiger partial charge in [-0.1, -0.05) is 11.2 Å². The fourth-order valence-electron chi connectivity index (χ4n) is 3.77. The summed E-state index contributed by atoms with van der Waals surface area (Å²) in [4.78, 5) is 16.3. The van der Waals surface area contributed by atoms with Gasteiger partial charge in [-0.25, -0.2) is 0 Å². The summed E-state index contributed by atoms with van der Waals surface area (Å²) in [5, 5.41) is 9.04. The molecule has 4 heterocycles. The highest BCUT2D eigenvalue weighted by molar-refractivity contribution is 7.10. The molecule has 0 bridgehead atoms. The van der Waals surface area contributed by atoms with Crippen LogP contribution in [0.4, 0.5) is 0 Å². The average Bonchev–Trinajstić information content (AvgIpc) is 3.52. The van der Waals surface area contributed by atoms with Gasteiger partial charge < -0.3 is 24.1 Å². The predicted octanol–water partition coefficient (Wildman–Crippen LogP) is 2.98. The molecule has 1 N–H and O–H groups in total. The summed E-state index contributed by atoms with van der Waals surface area (Å²) in [6.07, 6.45) is 0. The predicted molar refractivity (Wildman–Crippen MR) is 115 cm³/mol. The fraction of sp³-hybridized carbons (Fsp3) is 0.364. The standard InChI is InChI=1S/C22H23N3O5S/c26-22(23-14-17(21-2-1-11-31-21)25-5-7-27-8-6-25)16-13-19(30-24-16)15-3-4-18-20(12-15)29-10-9-28-18/h1-4,11-13,17H,5-10,14H2,(H,23,26)/t17-/m0/s1. The molecule has 2 aliphatic rings. The van der Waals surface area contributed by atoms with Gasteiger partial charge >= 0.3 is 0 Å². The Bertz CT molecular complexity index is 1030. The summed E-state index contributed by atoms with van der Waals surface area (Å²) < 4.78 is 22.1. The van der Waals surface area contributed by atoms with Crippen LogP contribution >= 0.6 is 11.3 Å². The van der Waals surface area contributed by atoms with Gasteiger partial charge in [-0.05, 0) is 29.6 Å². The van der Waals surface area contributed by atoms with Gasteiger partial charge in [0.2, 0.25) is 0 Å². The molecule has 1 saturated heterocycles. The van der Waals surface area contributed by atoms with Gasteiger partial charge in [0.15, 0.2) is 23.0 Å². The van der Waals surface area contributed by atoms with Crippen LogP contribution in [0.1, 0.15) is 21.4 Å². The normalized spacial score (nSPS) is 17.3. The van der Waals surface area contributed by atoms with Gasteiger partial charge in [0, 0.05) is 36.1 Å². The smallest absolute Gasteiger partial charge is 0.273 e. The Balaban J connectivity index is 1.27. The van der Waals surface area contributed by atoms with Crippen LogP contribution in [0.5, 0.6) is 11.5 Å². The molecule has 5 rings (SSSR count). The molecule has 1 amide bonds. The maximum Gasteiger partial charge on any atom is 0.273 e. The highest BCUT2D eigenvalue weighted by Crippen LogP contribution is 2.34. The topological polar surface area (TPSA) is 86.1 Å². The van der Waals surface area contributed by atoms with Gasteiger partial charge in [0.05, 0.1) is 19.3 Å². The number of hydrogen-bond donors (Lipinski definition) is 1. The van der Waals surface area contributed by atoms with Crippen molar-refractivity contribution in [2.75, 3.05) is 46.1 Å². The number of thiophene rings is 1. The molecule has 162 valence electrons. The molecule has 0 spiro atoms. The molecule has 1 atom stereocenters. The molecule has 0 unspecified atom stereocenters. The van der Waals surface area contributed by atoms with Crippen molar-refractivity contribution >= 4 is 17.2 Å². The minimum atomic E-state index is -0.262. The number of nitrogens with one attached hydrogen (secondary N) is 1. The minimum absolute atomic E-state index is 0.108. The summed E-state index contributed by atoms with van der Waals surface area (Å²) in [6.45, 7) is 4.64. The third kappa shape index (κ3) is 4.43. The quantitative estimate of drug-likeness (QED) is 0.629. The van der Waals surface area contributed by atoms with Crippen LogP contribution in [0.3, 0.4) is 0 Å². The Hall–Kier alpha value is -2.88. The SMILES string of the molecule is O=C(NC[C@@H](c1cccs1)N1CCOCC1)c1cc(-c2ccc3c(c2)OCCO3)on1. The molecule has 2 aliphatic heterocycles. The third-order valence-electron chi connectivity index (χ3n) is 5.38. The van der Waals surface area contributed by atoms with E-state index in [1.165, 1.54) is 4.88 Å². The number of amides is 1. The zero-order chi connectivity index (χ0) is 21.0. The molecule has 0 radical (unpaired) electrons. The second-order valence-corrected chi connectivity index (χ2v) is 8.30. The first-order valence-corrected chi connectivity index (χ1v) is 11.2. The highest BCUT2D eigenvalue weighted by atomic mass is 32.1. The van der Waals surface area contributed by atoms with Crippen LogP contribution in [-0.4, -0.2) is 62.0 Å². The lowest BCUT2D eigenvalue weighted by molar-refractivity contribution is 0.0169. The van der Waals surface area contributed by atoms with E-state index in [1.54, 1.807) is 17.4 Å². The lowest BCUT2D eigenvalue weighted by Gasteiger charge is -2.34. The summed E-state index contributed by atoms with van der Waals surface area (Å²) >= 11 is 1.69. The van der Waals surface area contributed by atoms with E-state index in [0.29, 0.717) is 50.2 Å². The van der Waals surface area contributed by atoms with E-state index in [4.69, 9.17) is 18.7 Å². The number of aromatic nitrogens is 1. The molecule has 1 fully saturated rings. The van der Waals surface area contributed by atoms with E-state index >= 15 is 0 Å². The van der Waals surface area contributed by atoms with Crippen molar-refractivity contribution in [2.24, 2.45) is 0 Å². The number of hydrogen-bond acceptors (Lipinski definition) is 8. The number of fused-ring (bicyclic) bond motifs is 1. The molecule has 0 aliphatic carbocycles. The summed E-state index contributed by atoms with van der Waals surface area (Å²) in [7, 11) is 0. The van der Waals surface area contributed by atoms with E-state index in [0.717, 1.165) is 18.7 Å². The second kappa shape index (κ2) is 9.09. The number of carbonyl (C=O) groups is 1. The first kappa shape index (κ1) is 20.0. The van der Waals surface area contributed by atoms with E-state index < -0.39 is 0 Å². The first-order valence-electron chi connectivity index (χ1n) is 10.3. The fourth-order valence-corrected chi connectivity index (χ4v) is 4.64. The first-order chi connectivity index (χ1) is 15.3. The third-order valence-corrected chi connectivity index (χ3v) is 6.36. The zero-order valence-electron chi connectivity index (χ0n) is 16.9. The van der Waals surface area contributed by atoms with Crippen molar-refractivity contribution in [3.63, 3.8) is 0 Å². The van der Waals surface area contributed by atoms with Crippen molar-refractivity contribution in [3.05, 3.63) is 52.3 Å². The number of rotatable bonds is 6. The lowest BCUT2D eigenvalue weighted by atomic mass is 10.1. The summed E-state index contributed by atoms with van der Waals surface area (Å²) in [5.41, 5.74) is 1.03. The number of nitrogens with zero attached hydrogens (tertiary/aromatic N) is 2. The summed E-state index contributed by atoms with van der Waals surface area (Å²) in [6, 6.07) is 11.4. The Morgan fingerprint density at radius 2 is 1.94 bits per heavy atom. The van der Waals surface area contributed by atoms with Crippen molar-refractivity contribution in [1.29, 1.82) is 0 Å². The van der Waals surface area contributed by atoms with E-state index in [-0.39, 0.29) is 17.6 Å². The van der Waals surface area contributed by atoms with Crippen molar-refractivity contribution in [2.45, 2.75) is 6.04 Å². The van der Waals surface area contributed by atoms with Gasteiger partial charge in [-0.2, -0.15) is 0 Å². The number of ether oxygens (including phenoxy) is 3. The van der Waals surface area contributed by atoms with Crippen LogP contribution in [0.25, 0.3) is 11.3 Å². The van der Waals surface area contributed by atoms with Crippen LogP contribution < -0.4 is 14.8 Å². The van der Waals surface area contributed by atoms with Crippen molar-refractivity contribution in [3.8, 4) is 22.8 Å². The van der Waals surface area contributed by atoms with Gasteiger partial charge in [-0.15, -0.1) is 11.3 Å². The van der Waals surface area contributed by atoms with Crippen LogP contribution in [0.2, 0.25) is 0 Å². The molecule has 1 aromatic carbocycles. The zero-order valence-corrected chi connectivity index (χ0v) is 17.7. The van der Waals surface area contributed by atoms with E-state index in [9.17, 15) is 4.79 Å². The number of morpholine rings is 1. The molecule has 8 nitrogen and oxygen atoms in total. The monoisotopic (exact) mass is 441 g/mol. The highest BCUT2D eigenvalue weighted by Gasteiger charge is 2.25. The van der Waals surface area contributed by atoms with E-state index in [1.807, 2.05) is 24.3 Å². The second-order valence-electron chi connectivity index (χ2n) is 7.32. The molecule has 0 saturated carbocycles. The largest absolute Gasteiger partial charge is 0.486 e. The maximum atomic E-state index is 12.8. The molecular weight excluding hydrogens is 418 g/mol. The summed E-state index contributed by atoms with van der Waals surface area (Å²) in [5.74, 6) is 1.61. The minimum Gasteiger partial charge on any atom is -0.486 e. The number of benzene rings is 1. The van der Waals surface area contributed by atoms with Crippen LogP contribution in [-0.2, 0) is 4.74 Å². The van der Waals surface area contributed by atoms with Gasteiger partial charge in [0.1, 0.15) is 13.2 Å². The Morgan fingerprint density at radius 1 is 1.10 bits per heavy atom. The van der Waals surface area contributed by atoms with Crippen molar-refractivity contribution in [1.82, 2.24) is 15.4 Å². The van der Waals surface area contributed by atoms with Gasteiger partial charge in [0.25, 0.3) is 5.91 Å². The maximum absolute atomic E-state index is 12.8. The number of carbonyl (C=O) groups excluding carboxylic acids is 1. The van der Waals surface area contributed by atoms with E-state index in [2.05, 4.69) is 26.8 Å². The Kier molecular flexibility index (Phi) is 5.88. The van der Waals surface area contributed by atoms with Gasteiger partial charge in [-0.3, -0.25) is 9.69 Å². The van der Waals surface area contributed by atoms with Crippen LogP contribution in [0.15, 0.2) is 46.3 Å². The molecule has 31 heavy (non-hydrogen) atoms. The molecular formula is C22H23N3O5S. The molecule has 3 aromatic rings. The Morgan fingerprint density at radius 3 is 2.74 bits per heavy atom. The Labute approximate surface area is 183 Å².